The summed E-state index contributed by atoms with van der Waals surface area (Å²) in [5.41, 5.74) is -0.700. The number of benzene rings is 1. The smallest absolute Gasteiger partial charge is 0.360 e. The molecule has 0 unspecified atom stereocenters. The summed E-state index contributed by atoms with van der Waals surface area (Å²) < 4.78 is 39.0. The van der Waals surface area contributed by atoms with Crippen LogP contribution in [0.2, 0.25) is 0 Å². The van der Waals surface area contributed by atoms with Crippen LogP contribution in [-0.2, 0) is 6.18 Å². The van der Waals surface area contributed by atoms with Crippen molar-refractivity contribution in [1.29, 1.82) is 0 Å². The fraction of sp³-hybridized carbons (Fsp3) is 0.588. The first-order valence-electron chi connectivity index (χ1n) is 8.08. The van der Waals surface area contributed by atoms with Crippen molar-refractivity contribution in [2.24, 2.45) is 17.8 Å². The molecule has 2 bridgehead atoms. The van der Waals surface area contributed by atoms with Crippen molar-refractivity contribution in [3.8, 4) is 0 Å². The summed E-state index contributed by atoms with van der Waals surface area (Å²) in [5.74, 6) is 2.15. The zero-order valence-electron chi connectivity index (χ0n) is 13.0. The summed E-state index contributed by atoms with van der Waals surface area (Å²) in [6, 6.07) is 5.59. The molecule has 1 aromatic carbocycles. The van der Waals surface area contributed by atoms with Crippen molar-refractivity contribution in [3.63, 3.8) is 0 Å². The topological polar surface area (TPSA) is 24.1 Å². The number of hydrogen-bond acceptors (Lipinski definition) is 1. The quantitative estimate of drug-likeness (QED) is 0.771. The van der Waals surface area contributed by atoms with Crippen molar-refractivity contribution in [3.05, 3.63) is 29.8 Å². The molecule has 0 saturated heterocycles. The fourth-order valence-corrected chi connectivity index (χ4v) is 4.51. The number of rotatable bonds is 3. The van der Waals surface area contributed by atoms with Gasteiger partial charge in [-0.2, -0.15) is 13.2 Å². The predicted molar refractivity (Wildman–Crippen MR) is 89.2 cm³/mol. The van der Waals surface area contributed by atoms with Crippen LogP contribution in [0, 0.1) is 17.8 Å². The summed E-state index contributed by atoms with van der Waals surface area (Å²) >= 11 is 5.23. The summed E-state index contributed by atoms with van der Waals surface area (Å²) in [6.07, 6.45) is 0.720. The molecule has 2 N–H and O–H groups in total. The van der Waals surface area contributed by atoms with Gasteiger partial charge in [0.05, 0.1) is 11.3 Å². The molecule has 126 valence electrons. The maximum absolute atomic E-state index is 13.0. The van der Waals surface area contributed by atoms with Gasteiger partial charge in [0.25, 0.3) is 0 Å². The highest BCUT2D eigenvalue weighted by Crippen LogP contribution is 2.49. The van der Waals surface area contributed by atoms with Gasteiger partial charge in [-0.15, -0.1) is 0 Å². The van der Waals surface area contributed by atoms with Crippen molar-refractivity contribution >= 4 is 23.0 Å². The second kappa shape index (κ2) is 6.30. The van der Waals surface area contributed by atoms with Crippen LogP contribution < -0.4 is 10.6 Å². The first kappa shape index (κ1) is 16.6. The van der Waals surface area contributed by atoms with Crippen LogP contribution >= 0.6 is 12.2 Å². The molecule has 0 aromatic heterocycles. The van der Waals surface area contributed by atoms with Gasteiger partial charge in [0.15, 0.2) is 5.11 Å². The Morgan fingerprint density at radius 3 is 2.57 bits per heavy atom. The molecule has 4 atom stereocenters. The van der Waals surface area contributed by atoms with Gasteiger partial charge in [-0.1, -0.05) is 18.6 Å². The number of hydrogen-bond donors (Lipinski definition) is 2. The highest BCUT2D eigenvalue weighted by atomic mass is 32.1. The van der Waals surface area contributed by atoms with Crippen molar-refractivity contribution < 1.29 is 13.2 Å². The molecule has 2 aliphatic rings. The van der Waals surface area contributed by atoms with Gasteiger partial charge < -0.3 is 10.6 Å². The van der Waals surface area contributed by atoms with Crippen LogP contribution in [-0.4, -0.2) is 11.2 Å². The van der Waals surface area contributed by atoms with Crippen LogP contribution in [0.25, 0.3) is 0 Å². The second-order valence-corrected chi connectivity index (χ2v) is 7.18. The van der Waals surface area contributed by atoms with Crippen LogP contribution in [0.3, 0.4) is 0 Å². The molecule has 2 nitrogen and oxygen atoms in total. The lowest BCUT2D eigenvalue weighted by Gasteiger charge is -2.29. The normalized spacial score (nSPS) is 27.7. The van der Waals surface area contributed by atoms with Gasteiger partial charge in [0.2, 0.25) is 0 Å². The molecule has 0 heterocycles. The lowest BCUT2D eigenvalue weighted by molar-refractivity contribution is -0.136. The number of nitrogens with one attached hydrogen (secondary N) is 2. The Hall–Kier alpha value is -1.30. The van der Waals surface area contributed by atoms with Gasteiger partial charge in [-0.25, -0.2) is 0 Å². The number of para-hydroxylation sites is 1. The van der Waals surface area contributed by atoms with Crippen LogP contribution in [0.15, 0.2) is 24.3 Å². The Morgan fingerprint density at radius 1 is 1.22 bits per heavy atom. The zero-order valence-corrected chi connectivity index (χ0v) is 13.8. The average molecular weight is 342 g/mol. The summed E-state index contributed by atoms with van der Waals surface area (Å²) in [4.78, 5) is 0. The Balaban J connectivity index is 1.62. The molecule has 0 spiro atoms. The van der Waals surface area contributed by atoms with Crippen LogP contribution in [0.5, 0.6) is 0 Å². The molecule has 2 aliphatic carbocycles. The molecule has 6 heteroatoms. The number of halogens is 3. The van der Waals surface area contributed by atoms with E-state index < -0.39 is 11.7 Å². The molecule has 23 heavy (non-hydrogen) atoms. The van der Waals surface area contributed by atoms with Gasteiger partial charge in [-0.3, -0.25) is 0 Å². The first-order chi connectivity index (χ1) is 10.8. The summed E-state index contributed by atoms with van der Waals surface area (Å²) in [5, 5.41) is 6.16. The summed E-state index contributed by atoms with van der Waals surface area (Å²) in [6.45, 7) is 2.08. The Bertz CT molecular complexity index is 587. The molecule has 0 radical (unpaired) electrons. The van der Waals surface area contributed by atoms with E-state index in [0.717, 1.165) is 17.9 Å². The van der Waals surface area contributed by atoms with E-state index in [9.17, 15) is 13.2 Å². The van der Waals surface area contributed by atoms with E-state index >= 15 is 0 Å². The minimum atomic E-state index is -4.39. The van der Waals surface area contributed by atoms with Crippen molar-refractivity contribution in [1.82, 2.24) is 5.32 Å². The van der Waals surface area contributed by atoms with E-state index in [0.29, 0.717) is 5.92 Å². The van der Waals surface area contributed by atoms with Gasteiger partial charge in [-0.05, 0) is 68.3 Å². The molecule has 0 amide bonds. The van der Waals surface area contributed by atoms with Gasteiger partial charge in [0.1, 0.15) is 0 Å². The molecular weight excluding hydrogens is 321 g/mol. The highest BCUT2D eigenvalue weighted by molar-refractivity contribution is 7.80. The lowest BCUT2D eigenvalue weighted by atomic mass is 9.84. The first-order valence-corrected chi connectivity index (χ1v) is 8.49. The third kappa shape index (κ3) is 3.62. The molecular formula is C17H21F3N2S. The third-order valence-corrected chi connectivity index (χ3v) is 5.49. The highest BCUT2D eigenvalue weighted by Gasteiger charge is 2.42. The number of thiocarbonyl (C=S) groups is 1. The fourth-order valence-electron chi connectivity index (χ4n) is 4.22. The number of fused-ring (bicyclic) bond motifs is 2. The number of anilines is 1. The lowest BCUT2D eigenvalue weighted by Crippen LogP contribution is -2.42. The van der Waals surface area contributed by atoms with Crippen molar-refractivity contribution in [2.75, 3.05) is 5.32 Å². The van der Waals surface area contributed by atoms with E-state index in [-0.39, 0.29) is 16.8 Å². The maximum Gasteiger partial charge on any atom is 0.418 e. The van der Waals surface area contributed by atoms with E-state index in [1.165, 1.54) is 37.8 Å². The second-order valence-electron chi connectivity index (χ2n) is 6.77. The van der Waals surface area contributed by atoms with E-state index in [1.54, 1.807) is 6.07 Å². The number of alkyl halides is 3. The molecule has 3 rings (SSSR count). The molecule has 2 fully saturated rings. The Kier molecular flexibility index (Phi) is 4.54. The van der Waals surface area contributed by atoms with E-state index in [1.807, 2.05) is 0 Å². The molecule has 1 aromatic rings. The Labute approximate surface area is 139 Å². The minimum Gasteiger partial charge on any atom is -0.360 e. The summed E-state index contributed by atoms with van der Waals surface area (Å²) in [7, 11) is 0. The monoisotopic (exact) mass is 342 g/mol. The van der Waals surface area contributed by atoms with Crippen LogP contribution in [0.4, 0.5) is 18.9 Å². The average Bonchev–Trinajstić information content (AvgIpc) is 3.09. The van der Waals surface area contributed by atoms with E-state index in [2.05, 4.69) is 17.6 Å². The van der Waals surface area contributed by atoms with Crippen molar-refractivity contribution in [2.45, 2.75) is 44.8 Å². The zero-order chi connectivity index (χ0) is 16.6. The van der Waals surface area contributed by atoms with Crippen LogP contribution in [0.1, 0.15) is 38.2 Å². The third-order valence-electron chi connectivity index (χ3n) is 5.27. The van der Waals surface area contributed by atoms with E-state index in [4.69, 9.17) is 12.2 Å². The van der Waals surface area contributed by atoms with Gasteiger partial charge >= 0.3 is 6.18 Å². The standard InChI is InChI=1S/C17H21F3N2S/c1-10(13-9-11-6-7-12(13)8-11)21-16(23)22-15-5-3-2-4-14(15)17(18,19)20/h2-5,10-13H,6-9H2,1H3,(H2,21,22,23)/t10-,11+,12+,13-/m1/s1. The minimum absolute atomic E-state index is 0.00218. The largest absolute Gasteiger partial charge is 0.418 e. The SMILES string of the molecule is C[C@@H](NC(=S)Nc1ccccc1C(F)(F)F)[C@H]1C[C@H]2CC[C@H]1C2. The molecule has 2 saturated carbocycles. The van der Waals surface area contributed by atoms with Gasteiger partial charge in [0, 0.05) is 6.04 Å². The predicted octanol–water partition coefficient (Wildman–Crippen LogP) is 4.82. The maximum atomic E-state index is 13.0. The molecule has 0 aliphatic heterocycles. The Morgan fingerprint density at radius 2 is 1.96 bits per heavy atom.